The highest BCUT2D eigenvalue weighted by Crippen LogP contribution is 2.01. The Labute approximate surface area is 209 Å². The number of ether oxygens (including phenoxy) is 3. The van der Waals surface area contributed by atoms with Crippen LogP contribution in [0.2, 0.25) is 0 Å². The Balaban J connectivity index is 3.39. The molecule has 5 nitrogen and oxygen atoms in total. The van der Waals surface area contributed by atoms with Crippen molar-refractivity contribution in [3.8, 4) is 0 Å². The maximum Gasteiger partial charge on any atom is 0.220 e. The van der Waals surface area contributed by atoms with Crippen molar-refractivity contribution in [1.29, 1.82) is 0 Å². The zero-order valence-electron chi connectivity index (χ0n) is 22.0. The molecule has 0 unspecified atom stereocenters. The van der Waals surface area contributed by atoms with Crippen LogP contribution in [0.5, 0.6) is 0 Å². The number of carbonyl (C=O) groups is 1. The van der Waals surface area contributed by atoms with Gasteiger partial charge in [0.1, 0.15) is 0 Å². The summed E-state index contributed by atoms with van der Waals surface area (Å²) in [6.45, 7) is 8.48. The number of rotatable bonds is 25. The molecule has 0 fully saturated rings. The van der Waals surface area contributed by atoms with Crippen LogP contribution in [0, 0.1) is 0 Å². The van der Waals surface area contributed by atoms with Crippen LogP contribution in [0.15, 0.2) is 48.6 Å². The first-order chi connectivity index (χ1) is 16.8. The summed E-state index contributed by atoms with van der Waals surface area (Å²) in [5.74, 6) is 0.0869. The number of carbonyl (C=O) groups excluding carboxylic acids is 1. The van der Waals surface area contributed by atoms with E-state index in [2.05, 4.69) is 67.8 Å². The largest absolute Gasteiger partial charge is 0.379 e. The van der Waals surface area contributed by atoms with Crippen molar-refractivity contribution in [2.45, 2.75) is 84.5 Å². The molecule has 0 rings (SSSR count). The van der Waals surface area contributed by atoms with Crippen LogP contribution < -0.4 is 5.32 Å². The standard InChI is InChI=1S/C29H51NO4/c1-3-5-6-7-8-9-10-11-12-13-14-15-16-17-18-19-20-21-29(31)30-22-24-33-26-28-34-27-25-32-23-4-2/h8-9,11-12,14-15,17-18H,3-7,10,13,16,19-28H2,1-2H3,(H,30,31)/b9-8-,12-11-,15-14-,18-17-. The second-order valence-corrected chi connectivity index (χ2v) is 8.17. The van der Waals surface area contributed by atoms with E-state index in [1.54, 1.807) is 0 Å². The summed E-state index contributed by atoms with van der Waals surface area (Å²) in [5, 5.41) is 2.89. The van der Waals surface area contributed by atoms with E-state index in [-0.39, 0.29) is 5.91 Å². The van der Waals surface area contributed by atoms with Gasteiger partial charge in [-0.05, 0) is 51.4 Å². The first-order valence-electron chi connectivity index (χ1n) is 13.4. The fourth-order valence-electron chi connectivity index (χ4n) is 2.98. The molecule has 5 heteroatoms. The summed E-state index contributed by atoms with van der Waals surface area (Å²) in [5.41, 5.74) is 0. The third-order valence-electron chi connectivity index (χ3n) is 4.89. The molecule has 0 aromatic heterocycles. The van der Waals surface area contributed by atoms with Crippen molar-refractivity contribution >= 4 is 5.91 Å². The molecule has 1 amide bonds. The van der Waals surface area contributed by atoms with Gasteiger partial charge in [-0.2, -0.15) is 0 Å². The smallest absolute Gasteiger partial charge is 0.220 e. The van der Waals surface area contributed by atoms with E-state index in [0.29, 0.717) is 46.0 Å². The lowest BCUT2D eigenvalue weighted by atomic mass is 10.2. The molecule has 0 bridgehead atoms. The van der Waals surface area contributed by atoms with Gasteiger partial charge in [-0.15, -0.1) is 0 Å². The van der Waals surface area contributed by atoms with Crippen molar-refractivity contribution in [3.05, 3.63) is 48.6 Å². The normalized spacial score (nSPS) is 12.2. The average Bonchev–Trinajstić information content (AvgIpc) is 2.84. The molecule has 1 N–H and O–H groups in total. The van der Waals surface area contributed by atoms with Crippen molar-refractivity contribution in [2.24, 2.45) is 0 Å². The minimum absolute atomic E-state index is 0.0869. The molecular weight excluding hydrogens is 426 g/mol. The van der Waals surface area contributed by atoms with Crippen LogP contribution in [-0.2, 0) is 19.0 Å². The Morgan fingerprint density at radius 2 is 1.09 bits per heavy atom. The van der Waals surface area contributed by atoms with E-state index in [9.17, 15) is 4.79 Å². The SMILES string of the molecule is CCCCC/C=C\C/C=C\C/C=C\C/C=C\CCCC(=O)NCCOCCOCCOCCC. The van der Waals surface area contributed by atoms with Gasteiger partial charge in [0.15, 0.2) is 0 Å². The number of unbranched alkanes of at least 4 members (excludes halogenated alkanes) is 4. The molecule has 34 heavy (non-hydrogen) atoms. The second-order valence-electron chi connectivity index (χ2n) is 8.17. The zero-order valence-corrected chi connectivity index (χ0v) is 22.0. The van der Waals surface area contributed by atoms with Gasteiger partial charge in [0.05, 0.1) is 33.0 Å². The van der Waals surface area contributed by atoms with Crippen LogP contribution in [-0.4, -0.2) is 52.1 Å². The van der Waals surface area contributed by atoms with E-state index in [1.807, 2.05) is 0 Å². The monoisotopic (exact) mass is 477 g/mol. The van der Waals surface area contributed by atoms with Gasteiger partial charge in [-0.1, -0.05) is 75.3 Å². The maximum atomic E-state index is 11.8. The Bertz CT molecular complexity index is 540. The molecule has 0 aliphatic carbocycles. The maximum absolute atomic E-state index is 11.8. The van der Waals surface area contributed by atoms with Crippen molar-refractivity contribution in [1.82, 2.24) is 5.32 Å². The minimum Gasteiger partial charge on any atom is -0.379 e. The summed E-state index contributed by atoms with van der Waals surface area (Å²) in [7, 11) is 0. The Morgan fingerprint density at radius 1 is 0.588 bits per heavy atom. The number of amides is 1. The van der Waals surface area contributed by atoms with Crippen LogP contribution in [0.3, 0.4) is 0 Å². The summed E-state index contributed by atoms with van der Waals surface area (Å²) >= 11 is 0. The van der Waals surface area contributed by atoms with Crippen LogP contribution >= 0.6 is 0 Å². The lowest BCUT2D eigenvalue weighted by Gasteiger charge is -2.07. The third-order valence-corrected chi connectivity index (χ3v) is 4.89. The minimum atomic E-state index is 0.0869. The summed E-state index contributed by atoms with van der Waals surface area (Å²) in [6.07, 6.45) is 29.2. The molecule has 0 aromatic carbocycles. The molecule has 0 radical (unpaired) electrons. The highest BCUT2D eigenvalue weighted by atomic mass is 16.5. The van der Waals surface area contributed by atoms with E-state index in [1.165, 1.54) is 25.7 Å². The number of hydrogen-bond donors (Lipinski definition) is 1. The van der Waals surface area contributed by atoms with Crippen molar-refractivity contribution in [3.63, 3.8) is 0 Å². The molecule has 0 aliphatic heterocycles. The number of allylic oxidation sites excluding steroid dienone is 8. The summed E-state index contributed by atoms with van der Waals surface area (Å²) < 4.78 is 16.2. The average molecular weight is 478 g/mol. The van der Waals surface area contributed by atoms with E-state index < -0.39 is 0 Å². The quantitative estimate of drug-likeness (QED) is 0.117. The highest BCUT2D eigenvalue weighted by molar-refractivity contribution is 5.75. The van der Waals surface area contributed by atoms with E-state index >= 15 is 0 Å². The van der Waals surface area contributed by atoms with Crippen molar-refractivity contribution in [2.75, 3.05) is 46.2 Å². The summed E-state index contributed by atoms with van der Waals surface area (Å²) in [4.78, 5) is 11.8. The van der Waals surface area contributed by atoms with Gasteiger partial charge >= 0.3 is 0 Å². The molecule has 0 spiro atoms. The van der Waals surface area contributed by atoms with Gasteiger partial charge in [-0.3, -0.25) is 4.79 Å². The van der Waals surface area contributed by atoms with E-state index in [0.717, 1.165) is 45.1 Å². The van der Waals surface area contributed by atoms with Gasteiger partial charge in [-0.25, -0.2) is 0 Å². The first-order valence-corrected chi connectivity index (χ1v) is 13.4. The second kappa shape index (κ2) is 29.3. The zero-order chi connectivity index (χ0) is 24.8. The Hall–Kier alpha value is -1.69. The lowest BCUT2D eigenvalue weighted by Crippen LogP contribution is -2.27. The first kappa shape index (κ1) is 32.3. The van der Waals surface area contributed by atoms with Gasteiger partial charge < -0.3 is 19.5 Å². The molecule has 0 aromatic rings. The predicted molar refractivity (Wildman–Crippen MR) is 144 cm³/mol. The lowest BCUT2D eigenvalue weighted by molar-refractivity contribution is -0.121. The Kier molecular flexibility index (Phi) is 27.9. The third kappa shape index (κ3) is 28.3. The van der Waals surface area contributed by atoms with Crippen LogP contribution in [0.25, 0.3) is 0 Å². The molecule has 196 valence electrons. The molecular formula is C29H51NO4. The van der Waals surface area contributed by atoms with Crippen molar-refractivity contribution < 1.29 is 19.0 Å². The van der Waals surface area contributed by atoms with E-state index in [4.69, 9.17) is 14.2 Å². The molecule has 0 saturated heterocycles. The fourth-order valence-corrected chi connectivity index (χ4v) is 2.98. The molecule has 0 aliphatic rings. The molecule has 0 heterocycles. The van der Waals surface area contributed by atoms with Crippen LogP contribution in [0.4, 0.5) is 0 Å². The fraction of sp³-hybridized carbons (Fsp3) is 0.690. The molecule has 0 atom stereocenters. The Morgan fingerprint density at radius 3 is 1.65 bits per heavy atom. The van der Waals surface area contributed by atoms with Gasteiger partial charge in [0, 0.05) is 19.6 Å². The van der Waals surface area contributed by atoms with Crippen LogP contribution in [0.1, 0.15) is 84.5 Å². The van der Waals surface area contributed by atoms with Gasteiger partial charge in [0.25, 0.3) is 0 Å². The number of hydrogen-bond acceptors (Lipinski definition) is 4. The summed E-state index contributed by atoms with van der Waals surface area (Å²) in [6, 6.07) is 0. The topological polar surface area (TPSA) is 56.8 Å². The molecule has 0 saturated carbocycles. The highest BCUT2D eigenvalue weighted by Gasteiger charge is 1.99. The predicted octanol–water partition coefficient (Wildman–Crippen LogP) is 6.71. The van der Waals surface area contributed by atoms with Gasteiger partial charge in [0.2, 0.25) is 5.91 Å². The number of nitrogens with one attached hydrogen (secondary N) is 1.